The molecule has 0 aromatic heterocycles. The first-order valence-corrected chi connectivity index (χ1v) is 11.6. The summed E-state index contributed by atoms with van der Waals surface area (Å²) in [6.07, 6.45) is 3.77. The summed E-state index contributed by atoms with van der Waals surface area (Å²) in [4.78, 5) is 0. The molecule has 0 amide bonds. The molecule has 1 rings (SSSR count). The molecule has 0 unspecified atom stereocenters. The predicted molar refractivity (Wildman–Crippen MR) is 69.7 cm³/mol. The van der Waals surface area contributed by atoms with Gasteiger partial charge in [-0.2, -0.15) is 0 Å². The van der Waals surface area contributed by atoms with Gasteiger partial charge in [-0.05, 0) is 23.6 Å². The summed E-state index contributed by atoms with van der Waals surface area (Å²) in [6.45, 7) is 2.24. The topological polar surface area (TPSA) is 0 Å². The monoisotopic (exact) mass is 320 g/mol. The Kier molecular flexibility index (Phi) is 5.28. The maximum absolute atomic E-state index is 3.68. The van der Waals surface area contributed by atoms with E-state index >= 15 is 0 Å². The van der Waals surface area contributed by atoms with Crippen LogP contribution in [0.3, 0.4) is 0 Å². The van der Waals surface area contributed by atoms with Gasteiger partial charge in [-0.3, -0.25) is 0 Å². The zero-order valence-corrected chi connectivity index (χ0v) is 12.1. The molecule has 0 nitrogen and oxygen atoms in total. The van der Waals surface area contributed by atoms with Gasteiger partial charge in [-0.15, -0.1) is 30.6 Å². The molecule has 0 heterocycles. The maximum Gasteiger partial charge on any atom is 0.216 e. The van der Waals surface area contributed by atoms with Crippen LogP contribution in [0, 0.1) is 0 Å². The summed E-state index contributed by atoms with van der Waals surface area (Å²) < 4.78 is 0. The molecule has 72 valence electrons. The van der Waals surface area contributed by atoms with Crippen LogP contribution in [0.25, 0.3) is 0 Å². The molecule has 0 N–H and O–H groups in total. The van der Waals surface area contributed by atoms with Gasteiger partial charge in [0.25, 0.3) is 0 Å². The Morgan fingerprint density at radius 1 is 1.23 bits per heavy atom. The molecule has 0 aliphatic carbocycles. The van der Waals surface area contributed by atoms with E-state index in [2.05, 4.69) is 61.8 Å². The third-order valence-electron chi connectivity index (χ3n) is 2.09. The van der Waals surface area contributed by atoms with E-state index in [1.165, 1.54) is 30.0 Å². The number of hydrogen-bond acceptors (Lipinski definition) is 0. The Morgan fingerprint density at radius 3 is 2.54 bits per heavy atom. The lowest BCUT2D eigenvalue weighted by Crippen LogP contribution is -2.21. The molecule has 0 aliphatic rings. The van der Waals surface area contributed by atoms with Crippen LogP contribution < -0.4 is 5.19 Å². The predicted octanol–water partition coefficient (Wildman–Crippen LogP) is 3.25. The van der Waals surface area contributed by atoms with Gasteiger partial charge in [0, 0.05) is 0 Å². The molecule has 1 aromatic carbocycles. The number of hydrogen-bond donors (Lipinski definition) is 0. The molecular weight excluding hydrogens is 308 g/mol. The minimum absolute atomic E-state index is 0.986. The van der Waals surface area contributed by atoms with Gasteiger partial charge >= 0.3 is 0 Å². The number of benzene rings is 1. The number of aryl methyl sites for hydroxylation is 1. The van der Waals surface area contributed by atoms with Crippen molar-refractivity contribution in [3.05, 3.63) is 29.8 Å². The zero-order valence-electron chi connectivity index (χ0n) is 7.76. The van der Waals surface area contributed by atoms with E-state index in [1.807, 2.05) is 0 Å². The lowest BCUT2D eigenvalue weighted by atomic mass is 10.1. The van der Waals surface area contributed by atoms with Crippen molar-refractivity contribution < 1.29 is 0 Å². The second-order valence-electron chi connectivity index (χ2n) is 3.10. The van der Waals surface area contributed by atoms with Crippen LogP contribution in [0.1, 0.15) is 25.3 Å². The SMILES string of the molecule is CCCCc1ccccc1[SiH](Br)Br. The van der Waals surface area contributed by atoms with E-state index in [0.29, 0.717) is 0 Å². The van der Waals surface area contributed by atoms with Crippen LogP contribution in [-0.2, 0) is 6.42 Å². The first-order chi connectivity index (χ1) is 6.25. The molecule has 1 aromatic rings. The number of rotatable bonds is 4. The van der Waals surface area contributed by atoms with E-state index in [1.54, 1.807) is 0 Å². The van der Waals surface area contributed by atoms with Crippen LogP contribution in [-0.4, -0.2) is 6.04 Å². The highest BCUT2D eigenvalue weighted by atomic mass is 79.9. The molecule has 0 radical (unpaired) electrons. The van der Waals surface area contributed by atoms with Crippen molar-refractivity contribution in [2.24, 2.45) is 0 Å². The van der Waals surface area contributed by atoms with E-state index in [-0.39, 0.29) is 0 Å². The molecule has 0 spiro atoms. The highest BCUT2D eigenvalue weighted by molar-refractivity contribution is 9.49. The van der Waals surface area contributed by atoms with E-state index in [9.17, 15) is 0 Å². The maximum atomic E-state index is 3.68. The Labute approximate surface area is 97.5 Å². The summed E-state index contributed by atoms with van der Waals surface area (Å²) >= 11 is 7.36. The first-order valence-electron chi connectivity index (χ1n) is 4.61. The van der Waals surface area contributed by atoms with Gasteiger partial charge in [0.05, 0.1) is 0 Å². The Morgan fingerprint density at radius 2 is 1.92 bits per heavy atom. The van der Waals surface area contributed by atoms with Crippen molar-refractivity contribution in [2.75, 3.05) is 0 Å². The van der Waals surface area contributed by atoms with Crippen LogP contribution >= 0.6 is 30.6 Å². The molecular formula is C10H14Br2Si. The minimum atomic E-state index is -0.986. The molecule has 3 heteroatoms. The molecule has 0 atom stereocenters. The second kappa shape index (κ2) is 5.99. The highest BCUT2D eigenvalue weighted by Crippen LogP contribution is 2.09. The summed E-state index contributed by atoms with van der Waals surface area (Å²) in [7, 11) is 0. The largest absolute Gasteiger partial charge is 0.216 e. The van der Waals surface area contributed by atoms with Crippen LogP contribution in [0.2, 0.25) is 0 Å². The fourth-order valence-electron chi connectivity index (χ4n) is 1.34. The first kappa shape index (κ1) is 11.5. The fraction of sp³-hybridized carbons (Fsp3) is 0.400. The molecule has 0 saturated heterocycles. The third kappa shape index (κ3) is 3.56. The normalized spacial score (nSPS) is 10.8. The van der Waals surface area contributed by atoms with E-state index in [0.717, 1.165) is 0 Å². The second-order valence-corrected chi connectivity index (χ2v) is 13.5. The van der Waals surface area contributed by atoms with Crippen molar-refractivity contribution in [1.29, 1.82) is 0 Å². The van der Waals surface area contributed by atoms with Gasteiger partial charge in [0.2, 0.25) is 6.04 Å². The van der Waals surface area contributed by atoms with Crippen LogP contribution in [0.4, 0.5) is 0 Å². The third-order valence-corrected chi connectivity index (χ3v) is 6.08. The lowest BCUT2D eigenvalue weighted by molar-refractivity contribution is 0.798. The average molecular weight is 322 g/mol. The molecule has 0 saturated carbocycles. The van der Waals surface area contributed by atoms with Crippen LogP contribution in [0.5, 0.6) is 0 Å². The van der Waals surface area contributed by atoms with Crippen LogP contribution in [0.15, 0.2) is 24.3 Å². The smallest absolute Gasteiger partial charge is 0.109 e. The van der Waals surface area contributed by atoms with Gasteiger partial charge in [0.15, 0.2) is 0 Å². The highest BCUT2D eigenvalue weighted by Gasteiger charge is 2.08. The van der Waals surface area contributed by atoms with Gasteiger partial charge in [-0.1, -0.05) is 37.6 Å². The minimum Gasteiger partial charge on any atom is -0.109 e. The summed E-state index contributed by atoms with van der Waals surface area (Å²) in [5, 5.41) is 1.50. The average Bonchev–Trinajstić information content (AvgIpc) is 2.15. The van der Waals surface area contributed by atoms with Crippen molar-refractivity contribution in [2.45, 2.75) is 26.2 Å². The van der Waals surface area contributed by atoms with Crippen molar-refractivity contribution >= 4 is 41.8 Å². The fourth-order valence-corrected chi connectivity index (χ4v) is 4.80. The van der Waals surface area contributed by atoms with Gasteiger partial charge in [-0.25, -0.2) is 0 Å². The molecule has 13 heavy (non-hydrogen) atoms. The molecule has 0 fully saturated rings. The Balaban J connectivity index is 2.78. The Bertz CT molecular complexity index is 261. The summed E-state index contributed by atoms with van der Waals surface area (Å²) in [5.41, 5.74) is 1.51. The van der Waals surface area contributed by atoms with Gasteiger partial charge < -0.3 is 0 Å². The van der Waals surface area contributed by atoms with Gasteiger partial charge in [0.1, 0.15) is 0 Å². The van der Waals surface area contributed by atoms with E-state index < -0.39 is 6.04 Å². The van der Waals surface area contributed by atoms with Crippen molar-refractivity contribution in [1.82, 2.24) is 0 Å². The summed E-state index contributed by atoms with van der Waals surface area (Å²) in [5.74, 6) is 0. The van der Waals surface area contributed by atoms with Crippen molar-refractivity contribution in [3.8, 4) is 0 Å². The van der Waals surface area contributed by atoms with E-state index in [4.69, 9.17) is 0 Å². The lowest BCUT2D eigenvalue weighted by Gasteiger charge is -2.08. The molecule has 0 aliphatic heterocycles. The quantitative estimate of drug-likeness (QED) is 0.590. The standard InChI is InChI=1S/C10H14Br2Si/c1-2-3-6-9-7-4-5-8-10(9)13(11)12/h4-5,7-8,13H,2-3,6H2,1H3. The number of unbranched alkanes of at least 4 members (excludes halogenated alkanes) is 1. The number of halogens is 2. The zero-order chi connectivity index (χ0) is 9.68. The summed E-state index contributed by atoms with van der Waals surface area (Å²) in [6, 6.07) is 7.73. The van der Waals surface area contributed by atoms with Crippen molar-refractivity contribution in [3.63, 3.8) is 0 Å². The Hall–Kier alpha value is 0.397. The molecule has 0 bridgehead atoms.